The van der Waals surface area contributed by atoms with Gasteiger partial charge in [0.15, 0.2) is 0 Å². The number of aliphatic carboxylic acids is 1. The molecule has 0 bridgehead atoms. The molecule has 6 nitrogen and oxygen atoms in total. The summed E-state index contributed by atoms with van der Waals surface area (Å²) < 4.78 is 0. The molecule has 2 amide bonds. The van der Waals surface area contributed by atoms with Gasteiger partial charge in [-0.15, -0.1) is 0 Å². The van der Waals surface area contributed by atoms with Gasteiger partial charge in [0.2, 0.25) is 11.8 Å². The number of nitrogens with two attached hydrogens (primary N) is 1. The van der Waals surface area contributed by atoms with Crippen molar-refractivity contribution in [3.63, 3.8) is 0 Å². The highest BCUT2D eigenvalue weighted by Gasteiger charge is 2.20. The maximum absolute atomic E-state index is 11.8. The third kappa shape index (κ3) is 15.7. The first-order chi connectivity index (χ1) is 12.0. The molecule has 0 aromatic rings. The van der Waals surface area contributed by atoms with Crippen molar-refractivity contribution in [2.75, 3.05) is 0 Å². The molecule has 25 heavy (non-hydrogen) atoms. The summed E-state index contributed by atoms with van der Waals surface area (Å²) in [6, 6.07) is -1.03. The molecule has 4 N–H and O–H groups in total. The molecular weight excluding hydrogens is 320 g/mol. The molecule has 0 aromatic carbocycles. The summed E-state index contributed by atoms with van der Waals surface area (Å²) in [6.07, 6.45) is 13.6. The number of hydrogen-bond donors (Lipinski definition) is 3. The Bertz CT molecular complexity index is 386. The van der Waals surface area contributed by atoms with E-state index in [2.05, 4.69) is 12.2 Å². The van der Waals surface area contributed by atoms with Gasteiger partial charge in [0.05, 0.1) is 0 Å². The van der Waals surface area contributed by atoms with Gasteiger partial charge in [-0.05, 0) is 12.8 Å². The van der Waals surface area contributed by atoms with E-state index in [-0.39, 0.29) is 18.7 Å². The van der Waals surface area contributed by atoms with E-state index in [4.69, 9.17) is 10.8 Å². The standard InChI is InChI=1S/C19H36N2O4/c1-2-3-4-5-6-7-8-9-10-11-12-13-18(23)21-16(19(24)25)14-15-17(20)22/h16H,2-15H2,1H3,(H2,20,22)(H,21,23)(H,24,25). The van der Waals surface area contributed by atoms with Crippen molar-refractivity contribution in [3.05, 3.63) is 0 Å². The minimum Gasteiger partial charge on any atom is -0.480 e. The number of amides is 2. The van der Waals surface area contributed by atoms with Gasteiger partial charge >= 0.3 is 5.97 Å². The molecule has 0 heterocycles. The van der Waals surface area contributed by atoms with Gasteiger partial charge in [-0.1, -0.05) is 71.1 Å². The maximum atomic E-state index is 11.8. The number of hydrogen-bond acceptors (Lipinski definition) is 3. The minimum atomic E-state index is -1.13. The van der Waals surface area contributed by atoms with Crippen molar-refractivity contribution in [1.29, 1.82) is 0 Å². The zero-order chi connectivity index (χ0) is 18.9. The molecule has 0 aliphatic rings. The predicted molar refractivity (Wildman–Crippen MR) is 99.1 cm³/mol. The Labute approximate surface area is 151 Å². The van der Waals surface area contributed by atoms with E-state index in [0.29, 0.717) is 6.42 Å². The smallest absolute Gasteiger partial charge is 0.326 e. The zero-order valence-corrected chi connectivity index (χ0v) is 15.7. The van der Waals surface area contributed by atoms with E-state index in [1.807, 2.05) is 0 Å². The lowest BCUT2D eigenvalue weighted by Gasteiger charge is -2.13. The van der Waals surface area contributed by atoms with E-state index in [1.165, 1.54) is 51.4 Å². The molecule has 0 saturated carbocycles. The van der Waals surface area contributed by atoms with Gasteiger partial charge in [0.25, 0.3) is 0 Å². The number of unbranched alkanes of at least 4 members (excludes halogenated alkanes) is 10. The van der Waals surface area contributed by atoms with Crippen LogP contribution in [0.5, 0.6) is 0 Å². The number of nitrogens with one attached hydrogen (secondary N) is 1. The Morgan fingerprint density at radius 3 is 1.76 bits per heavy atom. The van der Waals surface area contributed by atoms with Crippen molar-refractivity contribution >= 4 is 17.8 Å². The lowest BCUT2D eigenvalue weighted by atomic mass is 10.0. The first kappa shape index (κ1) is 23.4. The number of rotatable bonds is 17. The molecule has 0 rings (SSSR count). The van der Waals surface area contributed by atoms with Crippen LogP contribution in [0.1, 0.15) is 96.8 Å². The first-order valence-corrected chi connectivity index (χ1v) is 9.77. The number of carboxylic acid groups (broad SMARTS) is 1. The van der Waals surface area contributed by atoms with Gasteiger partial charge in [0.1, 0.15) is 6.04 Å². The highest BCUT2D eigenvalue weighted by molar-refractivity contribution is 5.84. The second kappa shape index (κ2) is 15.9. The molecule has 0 aliphatic heterocycles. The normalized spacial score (nSPS) is 11.9. The molecule has 0 aliphatic carbocycles. The summed E-state index contributed by atoms with van der Waals surface area (Å²) in [5, 5.41) is 11.5. The fourth-order valence-electron chi connectivity index (χ4n) is 2.76. The minimum absolute atomic E-state index is 0.0364. The molecular formula is C19H36N2O4. The number of carbonyl (C=O) groups is 3. The molecule has 1 atom stereocenters. The Balaban J connectivity index is 3.58. The number of primary amides is 1. The summed E-state index contributed by atoms with van der Waals surface area (Å²) in [5.41, 5.74) is 5.01. The van der Waals surface area contributed by atoms with Gasteiger partial charge < -0.3 is 16.2 Å². The van der Waals surface area contributed by atoms with Crippen molar-refractivity contribution in [2.24, 2.45) is 5.73 Å². The molecule has 146 valence electrons. The van der Waals surface area contributed by atoms with Crippen LogP contribution in [0.2, 0.25) is 0 Å². The summed E-state index contributed by atoms with van der Waals surface area (Å²) in [5.74, 6) is -1.97. The van der Waals surface area contributed by atoms with Crippen LogP contribution in [0.3, 0.4) is 0 Å². The van der Waals surface area contributed by atoms with Gasteiger partial charge in [-0.3, -0.25) is 9.59 Å². The molecule has 0 aromatic heterocycles. The van der Waals surface area contributed by atoms with Crippen LogP contribution >= 0.6 is 0 Å². The van der Waals surface area contributed by atoms with Crippen molar-refractivity contribution in [2.45, 2.75) is 103 Å². The fourth-order valence-corrected chi connectivity index (χ4v) is 2.76. The largest absolute Gasteiger partial charge is 0.480 e. The molecule has 1 unspecified atom stereocenters. The summed E-state index contributed by atoms with van der Waals surface area (Å²) in [4.78, 5) is 33.5. The van der Waals surface area contributed by atoms with Crippen LogP contribution in [0.15, 0.2) is 0 Å². The van der Waals surface area contributed by atoms with E-state index in [9.17, 15) is 14.4 Å². The second-order valence-electron chi connectivity index (χ2n) is 6.75. The lowest BCUT2D eigenvalue weighted by Crippen LogP contribution is -2.41. The average molecular weight is 357 g/mol. The Morgan fingerprint density at radius 1 is 0.840 bits per heavy atom. The number of carboxylic acids is 1. The first-order valence-electron chi connectivity index (χ1n) is 9.77. The molecule has 0 fully saturated rings. The van der Waals surface area contributed by atoms with E-state index >= 15 is 0 Å². The predicted octanol–water partition coefficient (Wildman–Crippen LogP) is 3.52. The van der Waals surface area contributed by atoms with Crippen molar-refractivity contribution in [1.82, 2.24) is 5.32 Å². The molecule has 6 heteroatoms. The van der Waals surface area contributed by atoms with Crippen molar-refractivity contribution < 1.29 is 19.5 Å². The quantitative estimate of drug-likeness (QED) is 0.346. The SMILES string of the molecule is CCCCCCCCCCCCCC(=O)NC(CCC(N)=O)C(=O)O. The van der Waals surface area contributed by atoms with Crippen molar-refractivity contribution in [3.8, 4) is 0 Å². The van der Waals surface area contributed by atoms with Crippen LogP contribution in [0.25, 0.3) is 0 Å². The van der Waals surface area contributed by atoms with Crippen LogP contribution in [-0.4, -0.2) is 28.9 Å². The van der Waals surface area contributed by atoms with Crippen LogP contribution in [0, 0.1) is 0 Å². The summed E-state index contributed by atoms with van der Waals surface area (Å²) >= 11 is 0. The monoisotopic (exact) mass is 356 g/mol. The maximum Gasteiger partial charge on any atom is 0.326 e. The van der Waals surface area contributed by atoms with Gasteiger partial charge in [-0.2, -0.15) is 0 Å². The fraction of sp³-hybridized carbons (Fsp3) is 0.842. The van der Waals surface area contributed by atoms with E-state index in [0.717, 1.165) is 19.3 Å². The van der Waals surface area contributed by atoms with Gasteiger partial charge in [-0.25, -0.2) is 4.79 Å². The zero-order valence-electron chi connectivity index (χ0n) is 15.7. The Kier molecular flexibility index (Phi) is 14.9. The number of carbonyl (C=O) groups excluding carboxylic acids is 2. The molecule has 0 saturated heterocycles. The Morgan fingerprint density at radius 2 is 1.32 bits per heavy atom. The van der Waals surface area contributed by atoms with Gasteiger partial charge in [0, 0.05) is 12.8 Å². The van der Waals surface area contributed by atoms with Crippen LogP contribution < -0.4 is 11.1 Å². The summed E-state index contributed by atoms with van der Waals surface area (Å²) in [7, 11) is 0. The Hall–Kier alpha value is -1.59. The van der Waals surface area contributed by atoms with E-state index in [1.54, 1.807) is 0 Å². The highest BCUT2D eigenvalue weighted by Crippen LogP contribution is 2.12. The third-order valence-electron chi connectivity index (χ3n) is 4.32. The molecule has 0 spiro atoms. The molecule has 0 radical (unpaired) electrons. The van der Waals surface area contributed by atoms with E-state index < -0.39 is 17.9 Å². The average Bonchev–Trinajstić information content (AvgIpc) is 2.56. The lowest BCUT2D eigenvalue weighted by molar-refractivity contribution is -0.142. The summed E-state index contributed by atoms with van der Waals surface area (Å²) in [6.45, 7) is 2.23. The highest BCUT2D eigenvalue weighted by atomic mass is 16.4. The topological polar surface area (TPSA) is 109 Å². The third-order valence-corrected chi connectivity index (χ3v) is 4.32. The second-order valence-corrected chi connectivity index (χ2v) is 6.75. The van der Waals surface area contributed by atoms with Crippen LogP contribution in [-0.2, 0) is 14.4 Å². The van der Waals surface area contributed by atoms with Crippen LogP contribution in [0.4, 0.5) is 0 Å².